The molecule has 3 saturated carbocycles. The van der Waals surface area contributed by atoms with Gasteiger partial charge in [-0.3, -0.25) is 14.4 Å². The highest BCUT2D eigenvalue weighted by Gasteiger charge is 2.71. The van der Waals surface area contributed by atoms with E-state index in [0.29, 0.717) is 19.3 Å². The standard InChI is InChI=1S/C28H38O9/c1-16(2)14-35-25(33)36-15-22(31)28(37-24(32)34-5)11-9-20-19-7-6-17-12-18(29)8-10-26(17,3)23(19)21(30)13-27(20,28)4/h12,16,19-20,23H,6-11,13-15H2,1-5H3/t19-,20-,23+,26-,27-,28-/m0/s1. The maximum atomic E-state index is 13.9. The van der Waals surface area contributed by atoms with Gasteiger partial charge in [0.2, 0.25) is 5.78 Å². The Morgan fingerprint density at radius 2 is 1.76 bits per heavy atom. The van der Waals surface area contributed by atoms with Crippen LogP contribution in [-0.2, 0) is 33.3 Å². The summed E-state index contributed by atoms with van der Waals surface area (Å²) in [5, 5.41) is 0. The van der Waals surface area contributed by atoms with Crippen molar-refractivity contribution in [1.29, 1.82) is 0 Å². The van der Waals surface area contributed by atoms with E-state index in [1.165, 1.54) is 0 Å². The van der Waals surface area contributed by atoms with Gasteiger partial charge in [-0.25, -0.2) is 9.59 Å². The first-order valence-corrected chi connectivity index (χ1v) is 13.2. The molecule has 9 heteroatoms. The Hall–Kier alpha value is -2.71. The number of fused-ring (bicyclic) bond motifs is 5. The molecule has 0 aromatic heterocycles. The highest BCUT2D eigenvalue weighted by Crippen LogP contribution is 2.67. The van der Waals surface area contributed by atoms with Crippen LogP contribution in [0.25, 0.3) is 0 Å². The summed E-state index contributed by atoms with van der Waals surface area (Å²) in [7, 11) is 1.16. The monoisotopic (exact) mass is 518 g/mol. The van der Waals surface area contributed by atoms with Gasteiger partial charge in [-0.15, -0.1) is 0 Å². The zero-order valence-corrected chi connectivity index (χ0v) is 22.4. The molecule has 0 radical (unpaired) electrons. The molecule has 204 valence electrons. The maximum absolute atomic E-state index is 13.9. The smallest absolute Gasteiger partial charge is 0.438 e. The van der Waals surface area contributed by atoms with Crippen molar-refractivity contribution in [3.05, 3.63) is 11.6 Å². The molecule has 3 fully saturated rings. The fourth-order valence-electron chi connectivity index (χ4n) is 7.76. The van der Waals surface area contributed by atoms with Crippen LogP contribution >= 0.6 is 0 Å². The van der Waals surface area contributed by atoms with Crippen LogP contribution in [0.1, 0.15) is 72.6 Å². The second-order valence-electron chi connectivity index (χ2n) is 12.0. The topological polar surface area (TPSA) is 122 Å². The van der Waals surface area contributed by atoms with Crippen LogP contribution < -0.4 is 0 Å². The lowest BCUT2D eigenvalue weighted by molar-refractivity contribution is -0.174. The third kappa shape index (κ3) is 4.48. The molecule has 0 aromatic carbocycles. The molecule has 0 aliphatic heterocycles. The third-order valence-electron chi connectivity index (χ3n) is 9.50. The predicted octanol–water partition coefficient (Wildman–Crippen LogP) is 4.60. The first-order chi connectivity index (χ1) is 17.4. The fraction of sp³-hybridized carbons (Fsp3) is 0.750. The number of allylic oxidation sites excluding steroid dienone is 1. The molecule has 0 unspecified atom stereocenters. The Morgan fingerprint density at radius 1 is 1.03 bits per heavy atom. The minimum atomic E-state index is -1.66. The molecule has 0 spiro atoms. The Kier molecular flexibility index (Phi) is 7.29. The first kappa shape index (κ1) is 27.3. The molecule has 6 atom stereocenters. The zero-order valence-electron chi connectivity index (χ0n) is 22.4. The minimum Gasteiger partial charge on any atom is -0.438 e. The van der Waals surface area contributed by atoms with Gasteiger partial charge in [0.1, 0.15) is 5.78 Å². The Labute approximate surface area is 217 Å². The molecular weight excluding hydrogens is 480 g/mol. The van der Waals surface area contributed by atoms with E-state index in [1.807, 2.05) is 20.8 Å². The van der Waals surface area contributed by atoms with E-state index in [9.17, 15) is 24.0 Å². The summed E-state index contributed by atoms with van der Waals surface area (Å²) >= 11 is 0. The summed E-state index contributed by atoms with van der Waals surface area (Å²) in [6.07, 6.45) is 3.12. The Balaban J connectivity index is 1.63. The van der Waals surface area contributed by atoms with E-state index in [2.05, 4.69) is 6.92 Å². The number of rotatable bonds is 6. The van der Waals surface area contributed by atoms with Crippen LogP contribution in [0.4, 0.5) is 9.59 Å². The highest BCUT2D eigenvalue weighted by atomic mass is 16.7. The quantitative estimate of drug-likeness (QED) is 0.464. The van der Waals surface area contributed by atoms with Crippen molar-refractivity contribution < 1.29 is 42.9 Å². The van der Waals surface area contributed by atoms with Crippen LogP contribution in [0.15, 0.2) is 11.6 Å². The van der Waals surface area contributed by atoms with Crippen LogP contribution in [0.3, 0.4) is 0 Å². The minimum absolute atomic E-state index is 0.00514. The van der Waals surface area contributed by atoms with Gasteiger partial charge < -0.3 is 18.9 Å². The molecule has 0 heterocycles. The van der Waals surface area contributed by atoms with E-state index in [0.717, 1.165) is 25.5 Å². The largest absolute Gasteiger partial charge is 0.509 e. The summed E-state index contributed by atoms with van der Waals surface area (Å²) in [4.78, 5) is 64.1. The number of ketones is 3. The van der Waals surface area contributed by atoms with Crippen molar-refractivity contribution >= 4 is 29.7 Å². The summed E-state index contributed by atoms with van der Waals surface area (Å²) in [6, 6.07) is 0. The van der Waals surface area contributed by atoms with Gasteiger partial charge in [-0.05, 0) is 61.3 Å². The number of carbonyl (C=O) groups excluding carboxylic acids is 5. The van der Waals surface area contributed by atoms with E-state index >= 15 is 0 Å². The van der Waals surface area contributed by atoms with Gasteiger partial charge in [-0.1, -0.05) is 33.3 Å². The maximum Gasteiger partial charge on any atom is 0.509 e. The number of methoxy groups -OCH3 is 1. The lowest BCUT2D eigenvalue weighted by Crippen LogP contribution is -2.62. The number of hydrogen-bond donors (Lipinski definition) is 0. The van der Waals surface area contributed by atoms with E-state index in [1.54, 1.807) is 6.08 Å². The molecule has 0 saturated heterocycles. The lowest BCUT2D eigenvalue weighted by atomic mass is 9.46. The van der Waals surface area contributed by atoms with Crippen LogP contribution in [0, 0.1) is 34.5 Å². The van der Waals surface area contributed by atoms with Gasteiger partial charge in [0.05, 0.1) is 13.7 Å². The van der Waals surface area contributed by atoms with Gasteiger partial charge in [0, 0.05) is 24.2 Å². The normalized spacial score (nSPS) is 36.6. The number of Topliss-reactive ketones (excluding diaryl/α,β-unsaturated/α-hetero) is 2. The van der Waals surface area contributed by atoms with Crippen molar-refractivity contribution in [3.63, 3.8) is 0 Å². The summed E-state index contributed by atoms with van der Waals surface area (Å²) < 4.78 is 20.6. The first-order valence-electron chi connectivity index (χ1n) is 13.2. The molecular formula is C28H38O9. The van der Waals surface area contributed by atoms with Gasteiger partial charge in [-0.2, -0.15) is 0 Å². The average molecular weight is 519 g/mol. The van der Waals surface area contributed by atoms with Crippen molar-refractivity contribution in [2.75, 3.05) is 20.3 Å². The molecule has 0 bridgehead atoms. The van der Waals surface area contributed by atoms with Gasteiger partial charge in [0.15, 0.2) is 18.0 Å². The van der Waals surface area contributed by atoms with Crippen LogP contribution in [0.2, 0.25) is 0 Å². The summed E-state index contributed by atoms with van der Waals surface area (Å²) in [5.74, 6) is -0.657. The summed E-state index contributed by atoms with van der Waals surface area (Å²) in [6.45, 7) is 7.20. The van der Waals surface area contributed by atoms with Crippen molar-refractivity contribution in [2.45, 2.75) is 78.2 Å². The summed E-state index contributed by atoms with van der Waals surface area (Å²) in [5.41, 5.74) is -1.97. The Bertz CT molecular complexity index is 1030. The molecule has 0 amide bonds. The van der Waals surface area contributed by atoms with Crippen molar-refractivity contribution in [1.82, 2.24) is 0 Å². The Morgan fingerprint density at radius 3 is 2.43 bits per heavy atom. The second kappa shape index (κ2) is 9.87. The highest BCUT2D eigenvalue weighted by molar-refractivity contribution is 5.95. The number of hydrogen-bond acceptors (Lipinski definition) is 9. The number of carbonyl (C=O) groups is 5. The molecule has 37 heavy (non-hydrogen) atoms. The van der Waals surface area contributed by atoms with Crippen molar-refractivity contribution in [2.24, 2.45) is 34.5 Å². The zero-order chi connectivity index (χ0) is 27.2. The fourth-order valence-corrected chi connectivity index (χ4v) is 7.76. The van der Waals surface area contributed by atoms with Gasteiger partial charge in [0.25, 0.3) is 0 Å². The molecule has 9 nitrogen and oxygen atoms in total. The molecule has 4 aliphatic carbocycles. The van der Waals surface area contributed by atoms with E-state index in [-0.39, 0.29) is 60.1 Å². The third-order valence-corrected chi connectivity index (χ3v) is 9.50. The van der Waals surface area contributed by atoms with E-state index in [4.69, 9.17) is 18.9 Å². The average Bonchev–Trinajstić information content (AvgIpc) is 3.13. The molecule has 4 rings (SSSR count). The molecule has 0 N–H and O–H groups in total. The predicted molar refractivity (Wildman–Crippen MR) is 130 cm³/mol. The van der Waals surface area contributed by atoms with E-state index < -0.39 is 35.7 Å². The van der Waals surface area contributed by atoms with Crippen LogP contribution in [0.5, 0.6) is 0 Å². The number of ether oxygens (including phenoxy) is 4. The molecule has 0 aromatic rings. The SMILES string of the molecule is COC(=O)O[C@]1(C(=O)COC(=O)OCC(C)C)CC[C@H]2[C@@H]3CCC4=CC(=O)CC[C@]4(C)[C@H]3C(=O)C[C@@]21C. The van der Waals surface area contributed by atoms with Crippen LogP contribution in [-0.4, -0.2) is 55.6 Å². The lowest BCUT2D eigenvalue weighted by Gasteiger charge is -2.57. The van der Waals surface area contributed by atoms with Crippen molar-refractivity contribution in [3.8, 4) is 0 Å². The van der Waals surface area contributed by atoms with Gasteiger partial charge >= 0.3 is 12.3 Å². The second-order valence-corrected chi connectivity index (χ2v) is 12.0. The molecule has 4 aliphatic rings.